The zero-order chi connectivity index (χ0) is 15.3. The lowest BCUT2D eigenvalue weighted by atomic mass is 9.84. The van der Waals surface area contributed by atoms with Gasteiger partial charge in [-0.05, 0) is 18.4 Å². The fourth-order valence-electron chi connectivity index (χ4n) is 2.30. The average Bonchev–Trinajstić information content (AvgIpc) is 2.92. The van der Waals surface area contributed by atoms with E-state index in [1.165, 1.54) is 0 Å². The summed E-state index contributed by atoms with van der Waals surface area (Å²) in [7, 11) is 0. The van der Waals surface area contributed by atoms with Crippen molar-refractivity contribution in [1.82, 2.24) is 15.5 Å². The first-order valence-electron chi connectivity index (χ1n) is 7.76. The van der Waals surface area contributed by atoms with Crippen molar-refractivity contribution in [2.24, 2.45) is 5.41 Å². The Hall–Kier alpha value is -0.590. The summed E-state index contributed by atoms with van der Waals surface area (Å²) >= 11 is 1.88. The summed E-state index contributed by atoms with van der Waals surface area (Å²) in [6.07, 6.45) is 1.86. The molecule has 21 heavy (non-hydrogen) atoms. The average molecular weight is 313 g/mol. The molecular formula is C15H27N3O2S. The second-order valence-electron chi connectivity index (χ2n) is 6.56. The van der Waals surface area contributed by atoms with Crippen LogP contribution in [-0.2, 0) is 11.2 Å². The van der Waals surface area contributed by atoms with Gasteiger partial charge in [-0.1, -0.05) is 32.9 Å². The van der Waals surface area contributed by atoms with E-state index in [1.807, 2.05) is 11.8 Å². The molecule has 0 amide bonds. The Morgan fingerprint density at radius 1 is 1.43 bits per heavy atom. The largest absolute Gasteiger partial charge is 0.368 e. The maximum Gasteiger partial charge on any atom is 0.228 e. The smallest absolute Gasteiger partial charge is 0.228 e. The number of nitrogens with zero attached hydrogens (tertiary/aromatic N) is 2. The maximum absolute atomic E-state index is 5.69. The van der Waals surface area contributed by atoms with Gasteiger partial charge >= 0.3 is 0 Å². The lowest BCUT2D eigenvalue weighted by Gasteiger charge is -2.30. The Bertz CT molecular complexity index is 425. The van der Waals surface area contributed by atoms with E-state index in [0.29, 0.717) is 17.8 Å². The number of thioether (sulfide) groups is 1. The van der Waals surface area contributed by atoms with Gasteiger partial charge in [0.15, 0.2) is 0 Å². The highest BCUT2D eigenvalue weighted by atomic mass is 32.2. The van der Waals surface area contributed by atoms with Crippen LogP contribution in [-0.4, -0.2) is 40.8 Å². The van der Waals surface area contributed by atoms with E-state index in [-0.39, 0.29) is 11.5 Å². The molecule has 1 fully saturated rings. The first-order chi connectivity index (χ1) is 10.0. The Balaban J connectivity index is 1.98. The van der Waals surface area contributed by atoms with Crippen LogP contribution in [0.15, 0.2) is 4.52 Å². The molecule has 2 rings (SSSR count). The summed E-state index contributed by atoms with van der Waals surface area (Å²) in [5.41, 5.74) is 0.154. The summed E-state index contributed by atoms with van der Waals surface area (Å²) in [5.74, 6) is 3.36. The van der Waals surface area contributed by atoms with E-state index in [0.717, 1.165) is 37.5 Å². The van der Waals surface area contributed by atoms with Crippen LogP contribution in [0.2, 0.25) is 0 Å². The molecular weight excluding hydrogens is 286 g/mol. The SMILES string of the molecule is CCCNC(Cc1nc(C2CSCCO2)no1)C(C)(C)C. The van der Waals surface area contributed by atoms with E-state index in [9.17, 15) is 0 Å². The molecule has 1 saturated heterocycles. The third-order valence-corrected chi connectivity index (χ3v) is 4.65. The van der Waals surface area contributed by atoms with E-state index in [1.54, 1.807) is 0 Å². The molecule has 0 bridgehead atoms. The standard InChI is InChI=1S/C15H27N3O2S/c1-5-6-16-12(15(2,3)4)9-13-17-14(18-20-13)11-10-21-8-7-19-11/h11-12,16H,5-10H2,1-4H3. The summed E-state index contributed by atoms with van der Waals surface area (Å²) in [6.45, 7) is 10.7. The normalized spacial score (nSPS) is 21.4. The van der Waals surface area contributed by atoms with Gasteiger partial charge in [-0.2, -0.15) is 16.7 Å². The summed E-state index contributed by atoms with van der Waals surface area (Å²) in [5, 5.41) is 7.69. The minimum absolute atomic E-state index is 0.0158. The van der Waals surface area contributed by atoms with Crippen LogP contribution in [0.1, 0.15) is 51.9 Å². The summed E-state index contributed by atoms with van der Waals surface area (Å²) in [4.78, 5) is 4.54. The molecule has 6 heteroatoms. The number of aromatic nitrogens is 2. The first kappa shape index (κ1) is 16.8. The van der Waals surface area contributed by atoms with Crippen LogP contribution in [0.4, 0.5) is 0 Å². The van der Waals surface area contributed by atoms with Crippen LogP contribution in [0.3, 0.4) is 0 Å². The molecule has 2 unspecified atom stereocenters. The number of nitrogens with one attached hydrogen (secondary N) is 1. The summed E-state index contributed by atoms with van der Waals surface area (Å²) < 4.78 is 11.1. The van der Waals surface area contributed by atoms with Gasteiger partial charge in [0.25, 0.3) is 0 Å². The molecule has 0 spiro atoms. The van der Waals surface area contributed by atoms with Crippen LogP contribution in [0, 0.1) is 5.41 Å². The molecule has 0 aliphatic carbocycles. The number of hydrogen-bond acceptors (Lipinski definition) is 6. The highest BCUT2D eigenvalue weighted by Gasteiger charge is 2.28. The molecule has 1 aliphatic heterocycles. The zero-order valence-corrected chi connectivity index (χ0v) is 14.3. The molecule has 1 aromatic heterocycles. The van der Waals surface area contributed by atoms with Crippen molar-refractivity contribution in [2.75, 3.05) is 24.7 Å². The van der Waals surface area contributed by atoms with Gasteiger partial charge in [0.1, 0.15) is 6.10 Å². The van der Waals surface area contributed by atoms with Crippen LogP contribution >= 0.6 is 11.8 Å². The molecule has 0 radical (unpaired) electrons. The zero-order valence-electron chi connectivity index (χ0n) is 13.5. The minimum Gasteiger partial charge on any atom is -0.368 e. The molecule has 0 saturated carbocycles. The molecule has 120 valence electrons. The number of ether oxygens (including phenoxy) is 1. The van der Waals surface area contributed by atoms with Crippen molar-refractivity contribution >= 4 is 11.8 Å². The van der Waals surface area contributed by atoms with Crippen molar-refractivity contribution in [3.63, 3.8) is 0 Å². The second kappa shape index (κ2) is 7.61. The molecule has 2 heterocycles. The van der Waals surface area contributed by atoms with Crippen molar-refractivity contribution in [3.05, 3.63) is 11.7 Å². The Labute approximate surface area is 131 Å². The molecule has 1 aromatic rings. The van der Waals surface area contributed by atoms with E-state index >= 15 is 0 Å². The molecule has 2 atom stereocenters. The van der Waals surface area contributed by atoms with Crippen molar-refractivity contribution in [1.29, 1.82) is 0 Å². The Morgan fingerprint density at radius 2 is 2.24 bits per heavy atom. The second-order valence-corrected chi connectivity index (χ2v) is 7.71. The van der Waals surface area contributed by atoms with Gasteiger partial charge < -0.3 is 14.6 Å². The molecule has 1 aliphatic rings. The quantitative estimate of drug-likeness (QED) is 0.871. The third kappa shape index (κ3) is 4.97. The first-order valence-corrected chi connectivity index (χ1v) is 8.91. The Kier molecular flexibility index (Phi) is 6.08. The van der Waals surface area contributed by atoms with Gasteiger partial charge in [-0.15, -0.1) is 0 Å². The highest BCUT2D eigenvalue weighted by Crippen LogP contribution is 2.26. The van der Waals surface area contributed by atoms with Gasteiger partial charge in [-0.25, -0.2) is 0 Å². The van der Waals surface area contributed by atoms with Gasteiger partial charge in [0.05, 0.1) is 6.61 Å². The molecule has 0 aromatic carbocycles. The topological polar surface area (TPSA) is 60.2 Å². The van der Waals surface area contributed by atoms with Gasteiger partial charge in [0, 0.05) is 24.0 Å². The predicted molar refractivity (Wildman–Crippen MR) is 85.6 cm³/mol. The highest BCUT2D eigenvalue weighted by molar-refractivity contribution is 7.99. The molecule has 1 N–H and O–H groups in total. The number of hydrogen-bond donors (Lipinski definition) is 1. The van der Waals surface area contributed by atoms with E-state index < -0.39 is 0 Å². The van der Waals surface area contributed by atoms with Crippen LogP contribution in [0.25, 0.3) is 0 Å². The fourth-order valence-corrected chi connectivity index (χ4v) is 3.14. The monoisotopic (exact) mass is 313 g/mol. The summed E-state index contributed by atoms with van der Waals surface area (Å²) in [6, 6.07) is 0.326. The predicted octanol–water partition coefficient (Wildman–Crippen LogP) is 2.83. The van der Waals surface area contributed by atoms with E-state index in [2.05, 4.69) is 43.2 Å². The van der Waals surface area contributed by atoms with Crippen molar-refractivity contribution in [3.8, 4) is 0 Å². The Morgan fingerprint density at radius 3 is 2.86 bits per heavy atom. The maximum atomic E-state index is 5.69. The minimum atomic E-state index is -0.0158. The van der Waals surface area contributed by atoms with Gasteiger partial charge in [-0.3, -0.25) is 0 Å². The third-order valence-electron chi connectivity index (χ3n) is 3.65. The van der Waals surface area contributed by atoms with Crippen LogP contribution < -0.4 is 5.32 Å². The van der Waals surface area contributed by atoms with Crippen molar-refractivity contribution < 1.29 is 9.26 Å². The van der Waals surface area contributed by atoms with Crippen LogP contribution in [0.5, 0.6) is 0 Å². The van der Waals surface area contributed by atoms with Crippen molar-refractivity contribution in [2.45, 2.75) is 52.7 Å². The lowest BCUT2D eigenvalue weighted by Crippen LogP contribution is -2.42. The number of rotatable bonds is 6. The van der Waals surface area contributed by atoms with Gasteiger partial charge in [0.2, 0.25) is 11.7 Å². The lowest BCUT2D eigenvalue weighted by molar-refractivity contribution is 0.0677. The van der Waals surface area contributed by atoms with E-state index in [4.69, 9.17) is 9.26 Å². The fraction of sp³-hybridized carbons (Fsp3) is 0.867. The molecule has 5 nitrogen and oxygen atoms in total.